The fourth-order valence-corrected chi connectivity index (χ4v) is 2.16. The predicted molar refractivity (Wildman–Crippen MR) is 76.8 cm³/mol. The first-order valence-corrected chi connectivity index (χ1v) is 6.77. The lowest BCUT2D eigenvalue weighted by molar-refractivity contribution is -0.141. The second kappa shape index (κ2) is 8.16. The maximum atomic E-state index is 11.3. The molecule has 100 valence electrons. The molecule has 1 unspecified atom stereocenters. The van der Waals surface area contributed by atoms with E-state index in [2.05, 4.69) is 19.7 Å². The average molecular weight is 267 g/mol. The Morgan fingerprint density at radius 3 is 2.56 bits per heavy atom. The van der Waals surface area contributed by atoms with Gasteiger partial charge in [0.1, 0.15) is 6.04 Å². The second-order valence-electron chi connectivity index (χ2n) is 4.41. The fourth-order valence-electron chi connectivity index (χ4n) is 1.84. The Labute approximate surface area is 114 Å². The quantitative estimate of drug-likeness (QED) is 0.562. The van der Waals surface area contributed by atoms with Gasteiger partial charge in [0.15, 0.2) is 0 Å². The summed E-state index contributed by atoms with van der Waals surface area (Å²) in [6, 6.07) is 9.11. The van der Waals surface area contributed by atoms with Crippen LogP contribution < -0.4 is 0 Å². The zero-order valence-electron chi connectivity index (χ0n) is 10.7. The van der Waals surface area contributed by atoms with E-state index in [9.17, 15) is 9.90 Å². The van der Waals surface area contributed by atoms with E-state index in [4.69, 9.17) is 0 Å². The second-order valence-corrected chi connectivity index (χ2v) is 4.93. The van der Waals surface area contributed by atoms with E-state index < -0.39 is 12.0 Å². The number of hydrogen-bond acceptors (Lipinski definition) is 3. The lowest BCUT2D eigenvalue weighted by Gasteiger charge is -2.23. The largest absolute Gasteiger partial charge is 0.480 e. The van der Waals surface area contributed by atoms with Crippen LogP contribution in [0.15, 0.2) is 30.3 Å². The monoisotopic (exact) mass is 267 g/mol. The smallest absolute Gasteiger partial charge is 0.322 e. The van der Waals surface area contributed by atoms with Crippen molar-refractivity contribution in [3.63, 3.8) is 0 Å². The first kappa shape index (κ1) is 15.1. The number of aliphatic carboxylic acids is 1. The molecule has 1 N–H and O–H groups in total. The third kappa shape index (κ3) is 5.10. The molecule has 0 aliphatic carbocycles. The number of nitrogens with zero attached hydrogens (tertiary/aromatic N) is 1. The highest BCUT2D eigenvalue weighted by Crippen LogP contribution is 2.13. The minimum atomic E-state index is -0.814. The van der Waals surface area contributed by atoms with Crippen LogP contribution in [0, 0.1) is 0 Å². The Bertz CT molecular complexity index is 356. The highest BCUT2D eigenvalue weighted by molar-refractivity contribution is 7.77. The van der Waals surface area contributed by atoms with E-state index >= 15 is 0 Å². The molecule has 1 atom stereocenters. The van der Waals surface area contributed by atoms with Crippen molar-refractivity contribution in [3.05, 3.63) is 35.9 Å². The van der Waals surface area contributed by atoms with E-state index in [0.717, 1.165) is 24.8 Å². The molecule has 3 nitrogen and oxygen atoms in total. The third-order valence-corrected chi connectivity index (χ3v) is 3.39. The van der Waals surface area contributed by atoms with Crippen LogP contribution in [0.4, 0.5) is 0 Å². The van der Waals surface area contributed by atoms with Gasteiger partial charge in [-0.15, -0.1) is 0 Å². The highest BCUT2D eigenvalue weighted by Gasteiger charge is 2.23. The molecule has 0 amide bonds. The number of unbranched alkanes of at least 4 members (excludes halogenated alkanes) is 2. The van der Waals surface area contributed by atoms with Crippen LogP contribution >= 0.6 is 12.8 Å². The summed E-state index contributed by atoms with van der Waals surface area (Å²) in [5, 5.41) is 9.27. The zero-order chi connectivity index (χ0) is 13.4. The molecule has 0 aliphatic heterocycles. The summed E-state index contributed by atoms with van der Waals surface area (Å²) in [7, 11) is 0. The summed E-state index contributed by atoms with van der Waals surface area (Å²) in [5.41, 5.74) is 1.03. The maximum Gasteiger partial charge on any atom is 0.322 e. The Hall–Kier alpha value is -1.00. The molecule has 1 rings (SSSR count). The number of carboxylic acid groups (broad SMARTS) is 1. The van der Waals surface area contributed by atoms with Crippen LogP contribution in [-0.4, -0.2) is 28.0 Å². The van der Waals surface area contributed by atoms with Gasteiger partial charge >= 0.3 is 5.97 Å². The fraction of sp³-hybridized carbons (Fsp3) is 0.500. The topological polar surface area (TPSA) is 40.5 Å². The van der Waals surface area contributed by atoms with Gasteiger partial charge in [0.05, 0.1) is 0 Å². The summed E-state index contributed by atoms with van der Waals surface area (Å²) < 4.78 is 1.64. The van der Waals surface area contributed by atoms with Crippen LogP contribution in [-0.2, 0) is 11.2 Å². The lowest BCUT2D eigenvalue weighted by Crippen LogP contribution is -2.37. The first-order chi connectivity index (χ1) is 8.65. The molecule has 0 saturated carbocycles. The molecule has 1 aromatic carbocycles. The minimum absolute atomic E-state index is 0.492. The molecular weight excluding hydrogens is 246 g/mol. The number of carbonyl (C=O) groups is 1. The Morgan fingerprint density at radius 1 is 1.33 bits per heavy atom. The number of rotatable bonds is 8. The van der Waals surface area contributed by atoms with Crippen molar-refractivity contribution in [1.82, 2.24) is 4.31 Å². The minimum Gasteiger partial charge on any atom is -0.480 e. The van der Waals surface area contributed by atoms with Crippen molar-refractivity contribution in [2.45, 2.75) is 38.6 Å². The van der Waals surface area contributed by atoms with Gasteiger partial charge in [-0.2, -0.15) is 0 Å². The average Bonchev–Trinajstić information content (AvgIpc) is 2.37. The maximum absolute atomic E-state index is 11.3. The lowest BCUT2D eigenvalue weighted by atomic mass is 10.1. The van der Waals surface area contributed by atoms with E-state index in [1.807, 2.05) is 30.3 Å². The number of thiol groups is 1. The van der Waals surface area contributed by atoms with Gasteiger partial charge in [-0.1, -0.05) is 62.9 Å². The summed E-state index contributed by atoms with van der Waals surface area (Å²) in [4.78, 5) is 11.3. The van der Waals surface area contributed by atoms with E-state index in [0.29, 0.717) is 13.0 Å². The van der Waals surface area contributed by atoms with Gasteiger partial charge < -0.3 is 5.11 Å². The van der Waals surface area contributed by atoms with Crippen LogP contribution in [0.3, 0.4) is 0 Å². The molecule has 4 heteroatoms. The molecule has 0 heterocycles. The summed E-state index contributed by atoms with van der Waals surface area (Å²) in [5.74, 6) is -0.814. The van der Waals surface area contributed by atoms with Crippen LogP contribution in [0.1, 0.15) is 31.7 Å². The van der Waals surface area contributed by atoms with Crippen molar-refractivity contribution < 1.29 is 9.90 Å². The Kier molecular flexibility index (Phi) is 6.83. The van der Waals surface area contributed by atoms with Crippen molar-refractivity contribution in [1.29, 1.82) is 0 Å². The standard InChI is InChI=1S/C14H21NO2S/c1-2-3-7-10-15(18)13(14(16)17)11-12-8-5-4-6-9-12/h4-6,8-9,13,18H,2-3,7,10-11H2,1H3,(H,16,17). The SMILES string of the molecule is CCCCCN(S)C(Cc1ccccc1)C(=O)O. The molecule has 0 fully saturated rings. The van der Waals surface area contributed by atoms with Crippen molar-refractivity contribution in [2.75, 3.05) is 6.54 Å². The molecule has 0 spiro atoms. The number of hydrogen-bond donors (Lipinski definition) is 2. The summed E-state index contributed by atoms with van der Waals surface area (Å²) in [6.45, 7) is 2.84. The molecule has 0 saturated heterocycles. The van der Waals surface area contributed by atoms with Gasteiger partial charge in [0, 0.05) is 6.54 Å². The van der Waals surface area contributed by atoms with Crippen molar-refractivity contribution in [2.24, 2.45) is 0 Å². The van der Waals surface area contributed by atoms with Gasteiger partial charge in [0.2, 0.25) is 0 Å². The van der Waals surface area contributed by atoms with Crippen LogP contribution in [0.2, 0.25) is 0 Å². The highest BCUT2D eigenvalue weighted by atomic mass is 32.1. The molecule has 0 bridgehead atoms. The molecule has 0 aliphatic rings. The summed E-state index contributed by atoms with van der Waals surface area (Å²) in [6.07, 6.45) is 3.71. The summed E-state index contributed by atoms with van der Waals surface area (Å²) >= 11 is 4.32. The van der Waals surface area contributed by atoms with E-state index in [1.165, 1.54) is 0 Å². The first-order valence-electron chi connectivity index (χ1n) is 6.37. The van der Waals surface area contributed by atoms with Crippen LogP contribution in [0.25, 0.3) is 0 Å². The van der Waals surface area contributed by atoms with E-state index in [1.54, 1.807) is 4.31 Å². The Balaban J connectivity index is 2.57. The molecule has 1 aromatic rings. The number of benzene rings is 1. The molecule has 0 radical (unpaired) electrons. The van der Waals surface area contributed by atoms with Gasteiger partial charge in [0.25, 0.3) is 0 Å². The molecule has 18 heavy (non-hydrogen) atoms. The normalized spacial score (nSPS) is 12.6. The van der Waals surface area contributed by atoms with Gasteiger partial charge in [-0.3, -0.25) is 4.79 Å². The predicted octanol–water partition coefficient (Wildman–Crippen LogP) is 3.02. The van der Waals surface area contributed by atoms with Crippen LogP contribution in [0.5, 0.6) is 0 Å². The van der Waals surface area contributed by atoms with E-state index in [-0.39, 0.29) is 0 Å². The van der Waals surface area contributed by atoms with Gasteiger partial charge in [-0.05, 0) is 18.4 Å². The zero-order valence-corrected chi connectivity index (χ0v) is 11.6. The molecular formula is C14H21NO2S. The van der Waals surface area contributed by atoms with Crippen molar-refractivity contribution >= 4 is 18.8 Å². The van der Waals surface area contributed by atoms with Crippen molar-refractivity contribution in [3.8, 4) is 0 Å². The molecule has 0 aromatic heterocycles. The third-order valence-electron chi connectivity index (χ3n) is 2.91. The van der Waals surface area contributed by atoms with Gasteiger partial charge in [-0.25, -0.2) is 4.31 Å². The number of carboxylic acids is 1. The Morgan fingerprint density at radius 2 is 2.00 bits per heavy atom.